The molecular formula is C14H19BO4. The van der Waals surface area contributed by atoms with E-state index in [2.05, 4.69) is 0 Å². The van der Waals surface area contributed by atoms with Gasteiger partial charge in [-0.15, -0.1) is 0 Å². The molecule has 1 heterocycles. The molecule has 0 bridgehead atoms. The average molecular weight is 262 g/mol. The molecule has 1 aliphatic rings. The van der Waals surface area contributed by atoms with Crippen molar-refractivity contribution >= 4 is 13.2 Å². The predicted molar refractivity (Wildman–Crippen MR) is 74.9 cm³/mol. The summed E-state index contributed by atoms with van der Waals surface area (Å²) in [4.78, 5) is 0. The van der Waals surface area contributed by atoms with Crippen LogP contribution < -0.4 is 0 Å². The molecule has 0 unspecified atom stereocenters. The van der Waals surface area contributed by atoms with Crippen molar-refractivity contribution in [2.75, 3.05) is 0 Å². The summed E-state index contributed by atoms with van der Waals surface area (Å²) < 4.78 is 11.6. The average Bonchev–Trinajstić information content (AvgIpc) is 2.49. The second kappa shape index (κ2) is 4.58. The Bertz CT molecular complexity index is 492. The third kappa shape index (κ3) is 2.77. The Morgan fingerprint density at radius 3 is 2.11 bits per heavy atom. The van der Waals surface area contributed by atoms with Gasteiger partial charge in [0.15, 0.2) is 11.5 Å². The molecule has 5 heteroatoms. The number of phenols is 2. The van der Waals surface area contributed by atoms with Gasteiger partial charge in [-0.05, 0) is 45.4 Å². The second-order valence-corrected chi connectivity index (χ2v) is 5.73. The molecule has 0 spiro atoms. The van der Waals surface area contributed by atoms with Gasteiger partial charge >= 0.3 is 7.12 Å². The lowest BCUT2D eigenvalue weighted by molar-refractivity contribution is 0.00578. The maximum absolute atomic E-state index is 9.41. The molecule has 19 heavy (non-hydrogen) atoms. The minimum Gasteiger partial charge on any atom is -0.504 e. The normalized spacial score (nSPS) is 21.2. The Kier molecular flexibility index (Phi) is 3.37. The van der Waals surface area contributed by atoms with Crippen LogP contribution in [0.4, 0.5) is 0 Å². The smallest absolute Gasteiger partial charge is 0.487 e. The maximum atomic E-state index is 9.41. The highest BCUT2D eigenvalue weighted by Gasteiger charge is 2.49. The Morgan fingerprint density at radius 2 is 1.58 bits per heavy atom. The van der Waals surface area contributed by atoms with Gasteiger partial charge < -0.3 is 19.5 Å². The highest BCUT2D eigenvalue weighted by atomic mass is 16.7. The first kappa shape index (κ1) is 14.0. The Balaban J connectivity index is 2.10. The third-order valence-electron chi connectivity index (χ3n) is 3.72. The van der Waals surface area contributed by atoms with Crippen LogP contribution in [0.3, 0.4) is 0 Å². The number of phenolic OH excluding ortho intramolecular Hbond substituents is 2. The van der Waals surface area contributed by atoms with Crippen molar-refractivity contribution < 1.29 is 19.5 Å². The lowest BCUT2D eigenvalue weighted by Gasteiger charge is -2.32. The van der Waals surface area contributed by atoms with Crippen LogP contribution in [0.15, 0.2) is 24.2 Å². The van der Waals surface area contributed by atoms with Gasteiger partial charge in [-0.3, -0.25) is 0 Å². The minimum absolute atomic E-state index is 0.132. The van der Waals surface area contributed by atoms with E-state index in [0.29, 0.717) is 0 Å². The molecule has 0 aromatic heterocycles. The van der Waals surface area contributed by atoms with Crippen molar-refractivity contribution in [3.8, 4) is 11.5 Å². The molecule has 2 N–H and O–H groups in total. The van der Waals surface area contributed by atoms with E-state index in [1.807, 2.05) is 27.7 Å². The summed E-state index contributed by atoms with van der Waals surface area (Å²) in [6, 6.07) is 4.63. The number of hydrogen-bond donors (Lipinski definition) is 2. The molecule has 1 aromatic rings. The fourth-order valence-electron chi connectivity index (χ4n) is 1.80. The van der Waals surface area contributed by atoms with Gasteiger partial charge in [0, 0.05) is 0 Å². The van der Waals surface area contributed by atoms with Crippen LogP contribution in [-0.2, 0) is 9.31 Å². The van der Waals surface area contributed by atoms with Crippen LogP contribution in [0, 0.1) is 0 Å². The van der Waals surface area contributed by atoms with Crippen LogP contribution in [0.2, 0.25) is 0 Å². The van der Waals surface area contributed by atoms with Crippen LogP contribution in [0.5, 0.6) is 11.5 Å². The van der Waals surface area contributed by atoms with E-state index >= 15 is 0 Å². The van der Waals surface area contributed by atoms with Crippen molar-refractivity contribution in [2.24, 2.45) is 0 Å². The fraction of sp³-hybridized carbons (Fsp3) is 0.429. The molecular weight excluding hydrogens is 243 g/mol. The molecule has 0 aliphatic carbocycles. The highest BCUT2D eigenvalue weighted by Crippen LogP contribution is 2.37. The van der Waals surface area contributed by atoms with Crippen molar-refractivity contribution in [1.29, 1.82) is 0 Å². The quantitative estimate of drug-likeness (QED) is 0.635. The summed E-state index contributed by atoms with van der Waals surface area (Å²) in [5.74, 6) is 1.52. The molecule has 1 aliphatic heterocycles. The van der Waals surface area contributed by atoms with Crippen LogP contribution >= 0.6 is 0 Å². The van der Waals surface area contributed by atoms with Crippen molar-refractivity contribution in [3.63, 3.8) is 0 Å². The first-order valence-electron chi connectivity index (χ1n) is 6.27. The Hall–Kier alpha value is -1.46. The lowest BCUT2D eigenvalue weighted by atomic mass is 9.89. The number of benzene rings is 1. The fourth-order valence-corrected chi connectivity index (χ4v) is 1.80. The van der Waals surface area contributed by atoms with Gasteiger partial charge in [0.25, 0.3) is 0 Å². The standard InChI is InChI=1S/C14H19BO4/c1-13(2)14(3,4)19-15(18-13)8-7-10-5-6-11(16)12(17)9-10/h5-9,16-17H,1-4H3/b8-7+. The molecule has 0 amide bonds. The molecule has 2 rings (SSSR count). The van der Waals surface area contributed by atoms with Gasteiger partial charge in [0.1, 0.15) is 0 Å². The molecule has 1 fully saturated rings. The van der Waals surface area contributed by atoms with E-state index in [-0.39, 0.29) is 22.7 Å². The summed E-state index contributed by atoms with van der Waals surface area (Å²) in [6.07, 6.45) is 1.79. The van der Waals surface area contributed by atoms with Crippen LogP contribution in [0.1, 0.15) is 33.3 Å². The topological polar surface area (TPSA) is 58.9 Å². The first-order chi connectivity index (χ1) is 8.71. The second-order valence-electron chi connectivity index (χ2n) is 5.73. The number of aromatic hydroxyl groups is 2. The van der Waals surface area contributed by atoms with Gasteiger partial charge in [-0.1, -0.05) is 18.1 Å². The van der Waals surface area contributed by atoms with Gasteiger partial charge in [-0.25, -0.2) is 0 Å². The van der Waals surface area contributed by atoms with Crippen molar-refractivity contribution in [3.05, 3.63) is 29.7 Å². The number of rotatable bonds is 2. The summed E-state index contributed by atoms with van der Waals surface area (Å²) in [6.45, 7) is 7.97. The van der Waals surface area contributed by atoms with E-state index in [0.717, 1.165) is 5.56 Å². The predicted octanol–water partition coefficient (Wildman–Crippen LogP) is 2.74. The van der Waals surface area contributed by atoms with Crippen molar-refractivity contribution in [1.82, 2.24) is 0 Å². The number of hydrogen-bond acceptors (Lipinski definition) is 4. The minimum atomic E-state index is -0.416. The monoisotopic (exact) mass is 262 g/mol. The zero-order valence-corrected chi connectivity index (χ0v) is 11.7. The summed E-state index contributed by atoms with van der Waals surface area (Å²) in [7, 11) is -0.416. The summed E-state index contributed by atoms with van der Waals surface area (Å²) >= 11 is 0. The van der Waals surface area contributed by atoms with Gasteiger partial charge in [-0.2, -0.15) is 0 Å². The molecule has 0 atom stereocenters. The summed E-state index contributed by atoms with van der Waals surface area (Å²) in [5, 5.41) is 18.6. The third-order valence-corrected chi connectivity index (χ3v) is 3.72. The van der Waals surface area contributed by atoms with E-state index in [4.69, 9.17) is 9.31 Å². The van der Waals surface area contributed by atoms with Crippen LogP contribution in [-0.4, -0.2) is 28.5 Å². The van der Waals surface area contributed by atoms with Crippen molar-refractivity contribution in [2.45, 2.75) is 38.9 Å². The van der Waals surface area contributed by atoms with Gasteiger partial charge in [0.2, 0.25) is 0 Å². The van der Waals surface area contributed by atoms with E-state index in [9.17, 15) is 10.2 Å². The first-order valence-corrected chi connectivity index (χ1v) is 6.27. The highest BCUT2D eigenvalue weighted by molar-refractivity contribution is 6.52. The Labute approximate surface area is 113 Å². The molecule has 1 saturated heterocycles. The molecule has 0 saturated carbocycles. The van der Waals surface area contributed by atoms with E-state index < -0.39 is 7.12 Å². The molecule has 0 radical (unpaired) electrons. The van der Waals surface area contributed by atoms with E-state index in [1.165, 1.54) is 12.1 Å². The van der Waals surface area contributed by atoms with Gasteiger partial charge in [0.05, 0.1) is 11.2 Å². The maximum Gasteiger partial charge on any atom is 0.487 e. The zero-order valence-electron chi connectivity index (χ0n) is 11.7. The molecule has 1 aromatic carbocycles. The zero-order chi connectivity index (χ0) is 14.3. The molecule has 102 valence electrons. The largest absolute Gasteiger partial charge is 0.504 e. The summed E-state index contributed by atoms with van der Waals surface area (Å²) in [5.41, 5.74) is 0.0445. The Morgan fingerprint density at radius 1 is 1.00 bits per heavy atom. The van der Waals surface area contributed by atoms with Crippen LogP contribution in [0.25, 0.3) is 6.08 Å². The SMILES string of the molecule is CC1(C)OB(/C=C/c2ccc(O)c(O)c2)OC1(C)C. The van der Waals surface area contributed by atoms with E-state index in [1.54, 1.807) is 18.1 Å². The molecule has 4 nitrogen and oxygen atoms in total. The lowest BCUT2D eigenvalue weighted by Crippen LogP contribution is -2.41.